The first-order valence-corrected chi connectivity index (χ1v) is 11.0. The third-order valence-corrected chi connectivity index (χ3v) is 6.01. The average molecular weight is 422 g/mol. The molecule has 2 saturated heterocycles. The molecule has 29 heavy (non-hydrogen) atoms. The minimum absolute atomic E-state index is 0. The molecule has 0 aliphatic carbocycles. The summed E-state index contributed by atoms with van der Waals surface area (Å²) in [5, 5.41) is 6.32. The predicted molar refractivity (Wildman–Crippen MR) is 119 cm³/mol. The normalized spacial score (nSPS) is 21.5. The molecular weight excluding hydrogens is 386 g/mol. The van der Waals surface area contributed by atoms with Gasteiger partial charge in [-0.2, -0.15) is 0 Å². The van der Waals surface area contributed by atoms with E-state index in [0.717, 1.165) is 57.3 Å². The summed E-state index contributed by atoms with van der Waals surface area (Å²) in [6.07, 6.45) is 8.09. The highest BCUT2D eigenvalue weighted by atomic mass is 35.5. The van der Waals surface area contributed by atoms with Crippen LogP contribution in [0.1, 0.15) is 56.6 Å². The first-order chi connectivity index (χ1) is 13.7. The fraction of sp³-hybridized carbons (Fsp3) is 0.652. The summed E-state index contributed by atoms with van der Waals surface area (Å²) >= 11 is 0. The molecule has 0 saturated carbocycles. The second-order valence-electron chi connectivity index (χ2n) is 8.34. The van der Waals surface area contributed by atoms with Crippen molar-refractivity contribution in [3.05, 3.63) is 35.4 Å². The lowest BCUT2D eigenvalue weighted by Crippen LogP contribution is -2.47. The third-order valence-electron chi connectivity index (χ3n) is 6.01. The highest BCUT2D eigenvalue weighted by Crippen LogP contribution is 2.18. The Labute approximate surface area is 181 Å². The standard InChI is InChI=1S/C23H35N3O2.ClH/c1-2-3-6-18-9-11-19(12-10-18)15-22(27)26-14-5-7-20(17-26)16-25-23(28)21-8-4-13-24-21;/h9-12,20-21,24H,2-8,13-17H2,1H3,(H,25,28);1H. The maximum absolute atomic E-state index is 12.7. The van der Waals surface area contributed by atoms with Gasteiger partial charge in [-0.3, -0.25) is 9.59 Å². The first-order valence-electron chi connectivity index (χ1n) is 11.0. The number of amides is 2. The number of nitrogens with zero attached hydrogens (tertiary/aromatic N) is 1. The molecule has 0 bridgehead atoms. The molecule has 0 spiro atoms. The summed E-state index contributed by atoms with van der Waals surface area (Å²) < 4.78 is 0. The molecule has 0 radical (unpaired) electrons. The van der Waals surface area contributed by atoms with E-state index >= 15 is 0 Å². The number of likely N-dealkylation sites (tertiary alicyclic amines) is 1. The second-order valence-corrected chi connectivity index (χ2v) is 8.34. The van der Waals surface area contributed by atoms with Crippen molar-refractivity contribution in [1.29, 1.82) is 0 Å². The molecule has 2 aliphatic heterocycles. The molecule has 2 atom stereocenters. The van der Waals surface area contributed by atoms with Crippen LogP contribution in [0.3, 0.4) is 0 Å². The predicted octanol–water partition coefficient (Wildman–Crippen LogP) is 3.10. The lowest BCUT2D eigenvalue weighted by molar-refractivity contribution is -0.132. The van der Waals surface area contributed by atoms with Gasteiger partial charge in [0, 0.05) is 19.6 Å². The van der Waals surface area contributed by atoms with E-state index in [1.165, 1.54) is 18.4 Å². The number of benzene rings is 1. The van der Waals surface area contributed by atoms with Crippen LogP contribution in [-0.4, -0.2) is 48.9 Å². The van der Waals surface area contributed by atoms with Gasteiger partial charge < -0.3 is 15.5 Å². The number of hydrogen-bond acceptors (Lipinski definition) is 3. The van der Waals surface area contributed by atoms with Crippen LogP contribution in [-0.2, 0) is 22.4 Å². The van der Waals surface area contributed by atoms with Crippen molar-refractivity contribution in [2.45, 2.75) is 64.3 Å². The van der Waals surface area contributed by atoms with Gasteiger partial charge in [0.1, 0.15) is 0 Å². The second kappa shape index (κ2) is 12.2. The number of aryl methyl sites for hydroxylation is 1. The zero-order valence-corrected chi connectivity index (χ0v) is 18.4. The Hall–Kier alpha value is -1.59. The Morgan fingerprint density at radius 2 is 1.90 bits per heavy atom. The number of nitrogens with one attached hydrogen (secondary N) is 2. The average Bonchev–Trinajstić information content (AvgIpc) is 3.27. The molecular formula is C23H36ClN3O2. The van der Waals surface area contributed by atoms with Gasteiger partial charge in [-0.1, -0.05) is 37.6 Å². The molecule has 2 amide bonds. The van der Waals surface area contributed by atoms with Crippen LogP contribution < -0.4 is 10.6 Å². The number of carbonyl (C=O) groups is 2. The Morgan fingerprint density at radius 1 is 1.14 bits per heavy atom. The lowest BCUT2D eigenvalue weighted by Gasteiger charge is -2.33. The van der Waals surface area contributed by atoms with E-state index in [4.69, 9.17) is 0 Å². The van der Waals surface area contributed by atoms with Crippen molar-refractivity contribution >= 4 is 24.2 Å². The van der Waals surface area contributed by atoms with Crippen LogP contribution in [0.25, 0.3) is 0 Å². The van der Waals surface area contributed by atoms with Crippen molar-refractivity contribution in [2.24, 2.45) is 5.92 Å². The molecule has 2 N–H and O–H groups in total. The Morgan fingerprint density at radius 3 is 2.59 bits per heavy atom. The van der Waals surface area contributed by atoms with Crippen LogP contribution in [0, 0.1) is 5.92 Å². The van der Waals surface area contributed by atoms with Gasteiger partial charge in [0.2, 0.25) is 11.8 Å². The summed E-state index contributed by atoms with van der Waals surface area (Å²) in [5.41, 5.74) is 2.44. The van der Waals surface area contributed by atoms with Crippen molar-refractivity contribution in [3.63, 3.8) is 0 Å². The topological polar surface area (TPSA) is 61.4 Å². The highest BCUT2D eigenvalue weighted by molar-refractivity contribution is 5.85. The summed E-state index contributed by atoms with van der Waals surface area (Å²) in [5.74, 6) is 0.679. The number of hydrogen-bond donors (Lipinski definition) is 2. The zero-order chi connectivity index (χ0) is 19.8. The molecule has 3 rings (SSSR count). The number of carbonyl (C=O) groups excluding carboxylic acids is 2. The molecule has 162 valence electrons. The minimum atomic E-state index is -0.0263. The number of unbranched alkanes of at least 4 members (excludes halogenated alkanes) is 1. The van der Waals surface area contributed by atoms with Gasteiger partial charge in [0.25, 0.3) is 0 Å². The van der Waals surface area contributed by atoms with Gasteiger partial charge in [-0.25, -0.2) is 0 Å². The third kappa shape index (κ3) is 7.31. The van der Waals surface area contributed by atoms with Crippen LogP contribution in [0.4, 0.5) is 0 Å². The molecule has 2 fully saturated rings. The number of rotatable bonds is 8. The van der Waals surface area contributed by atoms with Gasteiger partial charge in [0.15, 0.2) is 0 Å². The molecule has 2 aliphatic rings. The fourth-order valence-electron chi connectivity index (χ4n) is 4.23. The molecule has 0 aromatic heterocycles. The van der Waals surface area contributed by atoms with Gasteiger partial charge in [-0.05, 0) is 62.1 Å². The Bertz CT molecular complexity index is 644. The van der Waals surface area contributed by atoms with E-state index in [2.05, 4.69) is 41.8 Å². The van der Waals surface area contributed by atoms with Crippen LogP contribution in [0.2, 0.25) is 0 Å². The van der Waals surface area contributed by atoms with E-state index in [1.54, 1.807) is 0 Å². The summed E-state index contributed by atoms with van der Waals surface area (Å²) in [6, 6.07) is 8.48. The summed E-state index contributed by atoms with van der Waals surface area (Å²) in [7, 11) is 0. The fourth-order valence-corrected chi connectivity index (χ4v) is 4.23. The number of piperidine rings is 1. The SMILES string of the molecule is CCCCc1ccc(CC(=O)N2CCCC(CNC(=O)C3CCCN3)C2)cc1.Cl. The van der Waals surface area contributed by atoms with E-state index < -0.39 is 0 Å². The largest absolute Gasteiger partial charge is 0.354 e. The van der Waals surface area contributed by atoms with Gasteiger partial charge in [0.05, 0.1) is 12.5 Å². The van der Waals surface area contributed by atoms with Crippen LogP contribution in [0.5, 0.6) is 0 Å². The Balaban J connectivity index is 0.00000300. The van der Waals surface area contributed by atoms with Crippen molar-refractivity contribution in [2.75, 3.05) is 26.2 Å². The van der Waals surface area contributed by atoms with E-state index in [1.807, 2.05) is 4.90 Å². The highest BCUT2D eigenvalue weighted by Gasteiger charge is 2.26. The van der Waals surface area contributed by atoms with E-state index in [-0.39, 0.29) is 30.3 Å². The minimum Gasteiger partial charge on any atom is -0.354 e. The summed E-state index contributed by atoms with van der Waals surface area (Å²) in [6.45, 7) is 5.40. The Kier molecular flexibility index (Phi) is 9.95. The molecule has 2 unspecified atom stereocenters. The number of halogens is 1. The van der Waals surface area contributed by atoms with Crippen molar-refractivity contribution in [3.8, 4) is 0 Å². The maximum Gasteiger partial charge on any atom is 0.237 e. The monoisotopic (exact) mass is 421 g/mol. The molecule has 6 heteroatoms. The first kappa shape index (κ1) is 23.7. The van der Waals surface area contributed by atoms with Gasteiger partial charge in [-0.15, -0.1) is 12.4 Å². The van der Waals surface area contributed by atoms with E-state index in [0.29, 0.717) is 18.9 Å². The van der Waals surface area contributed by atoms with Crippen LogP contribution in [0.15, 0.2) is 24.3 Å². The molecule has 1 aromatic rings. The molecule has 2 heterocycles. The quantitative estimate of drug-likeness (QED) is 0.678. The lowest BCUT2D eigenvalue weighted by atomic mass is 9.97. The van der Waals surface area contributed by atoms with E-state index in [9.17, 15) is 9.59 Å². The maximum atomic E-state index is 12.7. The summed E-state index contributed by atoms with van der Waals surface area (Å²) in [4.78, 5) is 26.9. The van der Waals surface area contributed by atoms with Gasteiger partial charge >= 0.3 is 0 Å². The smallest absolute Gasteiger partial charge is 0.237 e. The van der Waals surface area contributed by atoms with Crippen LogP contribution >= 0.6 is 12.4 Å². The molecule has 5 nitrogen and oxygen atoms in total. The van der Waals surface area contributed by atoms with Crippen molar-refractivity contribution in [1.82, 2.24) is 15.5 Å². The zero-order valence-electron chi connectivity index (χ0n) is 17.6. The molecule has 1 aromatic carbocycles. The van der Waals surface area contributed by atoms with Crippen molar-refractivity contribution < 1.29 is 9.59 Å².